The number of hydrogen-bond donors (Lipinski definition) is 0. The molecule has 4 nitrogen and oxygen atoms in total. The third-order valence-electron chi connectivity index (χ3n) is 7.65. The summed E-state index contributed by atoms with van der Waals surface area (Å²) in [4.78, 5) is 1.59. The van der Waals surface area contributed by atoms with Crippen LogP contribution >= 0.6 is 60.4 Å². The molecule has 0 aliphatic carbocycles. The molecule has 0 aromatic heterocycles. The van der Waals surface area contributed by atoms with Gasteiger partial charge in [-0.3, -0.25) is 0 Å². The van der Waals surface area contributed by atoms with E-state index in [1.165, 1.54) is 5.31 Å². The second-order valence-corrected chi connectivity index (χ2v) is 31.6. The molecule has 0 radical (unpaired) electrons. The molecule has 39 heavy (non-hydrogen) atoms. The first-order valence-corrected chi connectivity index (χ1v) is 23.9. The number of hydrogen-bond acceptors (Lipinski definition) is 4. The quantitative estimate of drug-likeness (QED) is 0.124. The first-order chi connectivity index (χ1) is 17.4. The van der Waals surface area contributed by atoms with Crippen LogP contribution in [0.3, 0.4) is 0 Å². The Morgan fingerprint density at radius 1 is 0.667 bits per heavy atom. The standard InChI is InChI=1S/C28H49Cl4N2O2P2Si/c1-16(2)33(17(3)4)37(34(18(5)6)19(7)8)27(39(13,14)15)26(28(9,10)11)38(37,12)35-24-22(31)20(29)21(30)23(32)25(24)36-38/h16-19H,1-15H3/q+1. The first kappa shape index (κ1) is 34.2. The molecular formula is C28H49Cl4N2O2P2Si+. The Morgan fingerprint density at radius 2 is 0.974 bits per heavy atom. The Bertz CT molecular complexity index is 1130. The summed E-state index contributed by atoms with van der Waals surface area (Å²) in [7, 11) is -4.54. The second-order valence-electron chi connectivity index (χ2n) is 14.3. The van der Waals surface area contributed by atoms with Crippen molar-refractivity contribution < 1.29 is 9.05 Å². The zero-order valence-electron chi connectivity index (χ0n) is 26.4. The molecule has 11 heteroatoms. The Labute approximate surface area is 259 Å². The van der Waals surface area contributed by atoms with Gasteiger partial charge in [0.05, 0.1) is 0 Å². The minimum atomic E-state index is -3.83. The molecule has 0 amide bonds. The van der Waals surface area contributed by atoms with Crippen molar-refractivity contribution in [1.29, 1.82) is 0 Å². The average Bonchev–Trinajstić information content (AvgIpc) is 3.09. The van der Waals surface area contributed by atoms with Crippen LogP contribution in [0, 0.1) is 5.41 Å². The predicted octanol–water partition coefficient (Wildman–Crippen LogP) is 12.2. The number of halogens is 4. The van der Waals surface area contributed by atoms with E-state index < -0.39 is 22.1 Å². The molecule has 0 saturated carbocycles. The summed E-state index contributed by atoms with van der Waals surface area (Å²) >= 11 is 27.0. The van der Waals surface area contributed by atoms with Gasteiger partial charge in [-0.2, -0.15) is 0 Å². The zero-order valence-corrected chi connectivity index (χ0v) is 32.2. The summed E-state index contributed by atoms with van der Waals surface area (Å²) in [5.41, 5.74) is -0.223. The zero-order chi connectivity index (χ0) is 30.4. The van der Waals surface area contributed by atoms with Gasteiger partial charge in [0.2, 0.25) is 0 Å². The van der Waals surface area contributed by atoms with Crippen LogP contribution < -0.4 is 9.05 Å². The van der Waals surface area contributed by atoms with Gasteiger partial charge in [-0.15, -0.1) is 0 Å². The van der Waals surface area contributed by atoms with Gasteiger partial charge in [0.1, 0.15) is 0 Å². The second kappa shape index (κ2) is 10.4. The fourth-order valence-corrected chi connectivity index (χ4v) is 40.5. The van der Waals surface area contributed by atoms with E-state index >= 15 is 0 Å². The molecule has 0 saturated heterocycles. The summed E-state index contributed by atoms with van der Waals surface area (Å²) in [6.45, 7) is 31.2. The third-order valence-corrected chi connectivity index (χ3v) is 30.2. The maximum atomic E-state index is 7.49. The van der Waals surface area contributed by atoms with E-state index in [9.17, 15) is 0 Å². The maximum absolute atomic E-state index is 7.49. The molecule has 0 atom stereocenters. The van der Waals surface area contributed by atoms with Crippen molar-refractivity contribution in [3.05, 3.63) is 30.3 Å². The Hall–Kier alpha value is 0.717. The SMILES string of the molecule is CC(C)N(C(C)C)[P+]1(N(C(C)C)C(C)C)C([Si](C)(C)C)=C(C(C)(C)C)P12(C)Oc1c(Cl)c(Cl)c(Cl)c(Cl)c1O2. The Kier molecular flexibility index (Phi) is 9.14. The molecule has 0 unspecified atom stereocenters. The fourth-order valence-electron chi connectivity index (χ4n) is 7.35. The van der Waals surface area contributed by atoms with Crippen molar-refractivity contribution >= 4 is 68.5 Å². The van der Waals surface area contributed by atoms with E-state index in [-0.39, 0.29) is 49.7 Å². The van der Waals surface area contributed by atoms with E-state index in [1.54, 1.807) is 4.94 Å². The van der Waals surface area contributed by atoms with Crippen LogP contribution in [0.25, 0.3) is 0 Å². The summed E-state index contributed by atoms with van der Waals surface area (Å²) in [5.74, 6) is 0.855. The molecule has 1 spiro atoms. The van der Waals surface area contributed by atoms with Gasteiger partial charge in [-0.05, 0) is 0 Å². The Morgan fingerprint density at radius 3 is 1.21 bits per heavy atom. The predicted molar refractivity (Wildman–Crippen MR) is 182 cm³/mol. The van der Waals surface area contributed by atoms with Gasteiger partial charge < -0.3 is 0 Å². The molecule has 1 aromatic carbocycles. The van der Waals surface area contributed by atoms with Crippen molar-refractivity contribution in [3.8, 4) is 11.5 Å². The van der Waals surface area contributed by atoms with Crippen LogP contribution in [0.5, 0.6) is 11.5 Å². The van der Waals surface area contributed by atoms with Crippen molar-refractivity contribution in [2.24, 2.45) is 5.41 Å². The number of rotatable bonds is 7. The van der Waals surface area contributed by atoms with Crippen molar-refractivity contribution in [2.75, 3.05) is 6.66 Å². The summed E-state index contributed by atoms with van der Waals surface area (Å²) in [6.07, 6.45) is 0. The fraction of sp³-hybridized carbons (Fsp3) is 0.714. The number of fused-ring (bicyclic) bond motifs is 1. The summed E-state index contributed by atoms with van der Waals surface area (Å²) in [5, 5.41) is 2.23. The van der Waals surface area contributed by atoms with Crippen LogP contribution in [0.15, 0.2) is 10.3 Å². The molecule has 2 aliphatic heterocycles. The normalized spacial score (nSPS) is 21.1. The van der Waals surface area contributed by atoms with Crippen LogP contribution in [-0.4, -0.2) is 48.2 Å². The molecular weight excluding hydrogens is 628 g/mol. The minimum absolute atomic E-state index is 0.197. The van der Waals surface area contributed by atoms with Gasteiger partial charge in [-0.1, -0.05) is 0 Å². The van der Waals surface area contributed by atoms with Crippen LogP contribution in [0.2, 0.25) is 39.7 Å². The van der Waals surface area contributed by atoms with Gasteiger partial charge >= 0.3 is 261 Å². The molecule has 224 valence electrons. The third kappa shape index (κ3) is 4.58. The van der Waals surface area contributed by atoms with Crippen molar-refractivity contribution in [3.63, 3.8) is 0 Å². The first-order valence-electron chi connectivity index (χ1n) is 13.9. The van der Waals surface area contributed by atoms with E-state index in [0.29, 0.717) is 11.5 Å². The topological polar surface area (TPSA) is 24.9 Å². The van der Waals surface area contributed by atoms with Gasteiger partial charge in [0.15, 0.2) is 0 Å². The molecule has 0 fully saturated rings. The molecule has 1 aromatic rings. The Balaban J connectivity index is 2.73. The average molecular weight is 678 g/mol. The van der Waals surface area contributed by atoms with E-state index in [2.05, 4.69) is 112 Å². The van der Waals surface area contributed by atoms with Crippen LogP contribution in [-0.2, 0) is 0 Å². The van der Waals surface area contributed by atoms with Crippen molar-refractivity contribution in [2.45, 2.75) is 120 Å². The molecule has 0 N–H and O–H groups in total. The summed E-state index contributed by atoms with van der Waals surface area (Å²) < 4.78 is 20.5. The van der Waals surface area contributed by atoms with Gasteiger partial charge in [0.25, 0.3) is 0 Å². The molecule has 0 bridgehead atoms. The number of benzene rings is 1. The van der Waals surface area contributed by atoms with Crippen LogP contribution in [0.4, 0.5) is 0 Å². The molecule has 3 rings (SSSR count). The van der Waals surface area contributed by atoms with Gasteiger partial charge in [-0.25, -0.2) is 0 Å². The van der Waals surface area contributed by atoms with E-state index in [0.717, 1.165) is 0 Å². The van der Waals surface area contributed by atoms with Gasteiger partial charge in [0, 0.05) is 0 Å². The van der Waals surface area contributed by atoms with E-state index in [1.807, 2.05) is 0 Å². The number of nitrogens with zero attached hydrogens (tertiary/aromatic N) is 2. The summed E-state index contributed by atoms with van der Waals surface area (Å²) in [6, 6.07) is 0.941. The monoisotopic (exact) mass is 675 g/mol. The molecule has 2 aliphatic rings. The number of allylic oxidation sites excluding steroid dienone is 1. The van der Waals surface area contributed by atoms with Crippen LogP contribution in [0.1, 0.15) is 76.2 Å². The molecule has 2 heterocycles. The van der Waals surface area contributed by atoms with Crippen molar-refractivity contribution in [1.82, 2.24) is 9.34 Å². The van der Waals surface area contributed by atoms with E-state index in [4.69, 9.17) is 55.5 Å².